The average Bonchev–Trinajstić information content (AvgIpc) is 2.55. The molecule has 0 radical (unpaired) electrons. The zero-order valence-corrected chi connectivity index (χ0v) is 14.5. The molecule has 0 saturated heterocycles. The molecule has 0 aromatic heterocycles. The Kier molecular flexibility index (Phi) is 5.03. The van der Waals surface area contributed by atoms with E-state index in [0.29, 0.717) is 29.5 Å². The van der Waals surface area contributed by atoms with E-state index in [9.17, 15) is 9.59 Å². The Morgan fingerprint density at radius 1 is 1.16 bits per heavy atom. The molecule has 5 heteroatoms. The minimum atomic E-state index is -0.197. The largest absolute Gasteiger partial charge is 0.482 e. The first-order valence-electron chi connectivity index (χ1n) is 8.44. The number of benzene rings is 2. The van der Waals surface area contributed by atoms with Gasteiger partial charge in [-0.25, -0.2) is 0 Å². The summed E-state index contributed by atoms with van der Waals surface area (Å²) in [4.78, 5) is 23.6. The maximum atomic E-state index is 12.2. The summed E-state index contributed by atoms with van der Waals surface area (Å²) >= 11 is 0. The molecule has 25 heavy (non-hydrogen) atoms. The number of fused-ring (bicyclic) bond motifs is 1. The van der Waals surface area contributed by atoms with Gasteiger partial charge in [-0.1, -0.05) is 38.1 Å². The minimum Gasteiger partial charge on any atom is -0.482 e. The molecule has 5 nitrogen and oxygen atoms in total. The standard InChI is InChI=1S/C20H22N2O3/c1-13(2)9-14-3-5-15(6-4-14)10-19(23)21-16-7-8-18-17(11-16)22-20(24)12-25-18/h3-8,11,13H,9-10,12H2,1-2H3,(H,21,23)(H,22,24). The van der Waals surface area contributed by atoms with Crippen LogP contribution in [0.4, 0.5) is 11.4 Å². The summed E-state index contributed by atoms with van der Waals surface area (Å²) < 4.78 is 5.31. The summed E-state index contributed by atoms with van der Waals surface area (Å²) in [5, 5.41) is 5.59. The van der Waals surface area contributed by atoms with Gasteiger partial charge in [0.15, 0.2) is 6.61 Å². The molecule has 1 aliphatic heterocycles. The Morgan fingerprint density at radius 3 is 2.60 bits per heavy atom. The predicted octanol–water partition coefficient (Wildman–Crippen LogP) is 3.40. The second-order valence-electron chi connectivity index (χ2n) is 6.69. The Morgan fingerprint density at radius 2 is 1.88 bits per heavy atom. The molecular formula is C20H22N2O3. The van der Waals surface area contributed by atoms with Crippen molar-refractivity contribution in [2.45, 2.75) is 26.7 Å². The number of nitrogens with one attached hydrogen (secondary N) is 2. The molecule has 0 aliphatic carbocycles. The molecule has 0 spiro atoms. The summed E-state index contributed by atoms with van der Waals surface area (Å²) in [7, 11) is 0. The SMILES string of the molecule is CC(C)Cc1ccc(CC(=O)Nc2ccc3c(c2)NC(=O)CO3)cc1. The molecule has 0 saturated carbocycles. The summed E-state index contributed by atoms with van der Waals surface area (Å²) in [6.45, 7) is 4.40. The van der Waals surface area contributed by atoms with Crippen LogP contribution in [0.3, 0.4) is 0 Å². The van der Waals surface area contributed by atoms with Gasteiger partial charge in [-0.3, -0.25) is 9.59 Å². The minimum absolute atomic E-state index is 0.0194. The van der Waals surface area contributed by atoms with E-state index in [1.54, 1.807) is 18.2 Å². The molecule has 2 amide bonds. The summed E-state index contributed by atoms with van der Waals surface area (Å²) in [6.07, 6.45) is 1.34. The molecule has 3 rings (SSSR count). The van der Waals surface area contributed by atoms with Crippen molar-refractivity contribution in [3.8, 4) is 5.75 Å². The van der Waals surface area contributed by atoms with Gasteiger partial charge in [0.25, 0.3) is 5.91 Å². The molecular weight excluding hydrogens is 316 g/mol. The Bertz CT molecular complexity index is 782. The highest BCUT2D eigenvalue weighted by molar-refractivity contribution is 5.98. The van der Waals surface area contributed by atoms with E-state index in [1.807, 2.05) is 12.1 Å². The zero-order chi connectivity index (χ0) is 17.8. The van der Waals surface area contributed by atoms with Crippen molar-refractivity contribution in [3.63, 3.8) is 0 Å². The van der Waals surface area contributed by atoms with Crippen molar-refractivity contribution >= 4 is 23.2 Å². The number of rotatable bonds is 5. The molecule has 2 aromatic carbocycles. The third-order valence-corrected chi connectivity index (χ3v) is 3.93. The molecule has 0 atom stereocenters. The van der Waals surface area contributed by atoms with Crippen molar-refractivity contribution in [2.75, 3.05) is 17.2 Å². The van der Waals surface area contributed by atoms with Crippen molar-refractivity contribution in [1.82, 2.24) is 0 Å². The van der Waals surface area contributed by atoms with Gasteiger partial charge < -0.3 is 15.4 Å². The van der Waals surface area contributed by atoms with E-state index >= 15 is 0 Å². The fraction of sp³-hybridized carbons (Fsp3) is 0.300. The second-order valence-corrected chi connectivity index (χ2v) is 6.69. The fourth-order valence-electron chi connectivity index (χ4n) is 2.82. The van der Waals surface area contributed by atoms with Crippen LogP contribution >= 0.6 is 0 Å². The van der Waals surface area contributed by atoms with E-state index in [1.165, 1.54) is 5.56 Å². The average molecular weight is 338 g/mol. The van der Waals surface area contributed by atoms with E-state index in [-0.39, 0.29) is 18.4 Å². The lowest BCUT2D eigenvalue weighted by Gasteiger charge is -2.18. The van der Waals surface area contributed by atoms with Crippen molar-refractivity contribution in [3.05, 3.63) is 53.6 Å². The van der Waals surface area contributed by atoms with Crippen LogP contribution in [0.5, 0.6) is 5.75 Å². The quantitative estimate of drug-likeness (QED) is 0.878. The number of hydrogen-bond donors (Lipinski definition) is 2. The van der Waals surface area contributed by atoms with Crippen molar-refractivity contribution < 1.29 is 14.3 Å². The molecule has 0 fully saturated rings. The zero-order valence-electron chi connectivity index (χ0n) is 14.5. The molecule has 1 heterocycles. The lowest BCUT2D eigenvalue weighted by molar-refractivity contribution is -0.118. The number of carbonyl (C=O) groups excluding carboxylic acids is 2. The highest BCUT2D eigenvalue weighted by Crippen LogP contribution is 2.30. The van der Waals surface area contributed by atoms with Gasteiger partial charge in [0.2, 0.25) is 5.91 Å². The monoisotopic (exact) mass is 338 g/mol. The molecule has 2 aromatic rings. The number of anilines is 2. The smallest absolute Gasteiger partial charge is 0.262 e. The van der Waals surface area contributed by atoms with E-state index < -0.39 is 0 Å². The van der Waals surface area contributed by atoms with Crippen LogP contribution in [0, 0.1) is 5.92 Å². The van der Waals surface area contributed by atoms with Gasteiger partial charge in [-0.15, -0.1) is 0 Å². The molecule has 0 bridgehead atoms. The van der Waals surface area contributed by atoms with E-state index in [2.05, 4.69) is 36.6 Å². The van der Waals surface area contributed by atoms with Gasteiger partial charge in [-0.2, -0.15) is 0 Å². The van der Waals surface area contributed by atoms with Crippen LogP contribution in [0.25, 0.3) is 0 Å². The lowest BCUT2D eigenvalue weighted by atomic mass is 10.0. The highest BCUT2D eigenvalue weighted by atomic mass is 16.5. The maximum absolute atomic E-state index is 12.2. The van der Waals surface area contributed by atoms with Crippen LogP contribution in [0.2, 0.25) is 0 Å². The lowest BCUT2D eigenvalue weighted by Crippen LogP contribution is -2.25. The molecule has 0 unspecified atom stereocenters. The van der Waals surface area contributed by atoms with Gasteiger partial charge >= 0.3 is 0 Å². The van der Waals surface area contributed by atoms with E-state index in [0.717, 1.165) is 12.0 Å². The van der Waals surface area contributed by atoms with Gasteiger partial charge in [0.05, 0.1) is 12.1 Å². The third-order valence-electron chi connectivity index (χ3n) is 3.93. The van der Waals surface area contributed by atoms with Crippen LogP contribution in [-0.4, -0.2) is 18.4 Å². The summed E-state index contributed by atoms with van der Waals surface area (Å²) in [5.74, 6) is 0.929. The Balaban J connectivity index is 1.61. The summed E-state index contributed by atoms with van der Waals surface area (Å²) in [6, 6.07) is 13.4. The van der Waals surface area contributed by atoms with Crippen LogP contribution in [0.15, 0.2) is 42.5 Å². The first-order chi connectivity index (χ1) is 12.0. The first-order valence-corrected chi connectivity index (χ1v) is 8.44. The van der Waals surface area contributed by atoms with Gasteiger partial charge in [-0.05, 0) is 41.7 Å². The summed E-state index contributed by atoms with van der Waals surface area (Å²) in [5.41, 5.74) is 3.46. The fourth-order valence-corrected chi connectivity index (χ4v) is 2.82. The van der Waals surface area contributed by atoms with Crippen LogP contribution in [-0.2, 0) is 22.4 Å². The Hall–Kier alpha value is -2.82. The van der Waals surface area contributed by atoms with Crippen molar-refractivity contribution in [1.29, 1.82) is 0 Å². The molecule has 2 N–H and O–H groups in total. The van der Waals surface area contributed by atoms with Gasteiger partial charge in [0.1, 0.15) is 5.75 Å². The normalized spacial score (nSPS) is 13.0. The first kappa shape index (κ1) is 17.0. The number of ether oxygens (including phenoxy) is 1. The van der Waals surface area contributed by atoms with Crippen molar-refractivity contribution in [2.24, 2.45) is 5.92 Å². The molecule has 1 aliphatic rings. The topological polar surface area (TPSA) is 67.4 Å². The third kappa shape index (κ3) is 4.59. The number of carbonyl (C=O) groups is 2. The second kappa shape index (κ2) is 7.38. The Labute approximate surface area is 147 Å². The number of hydrogen-bond acceptors (Lipinski definition) is 3. The maximum Gasteiger partial charge on any atom is 0.262 e. The number of amides is 2. The van der Waals surface area contributed by atoms with E-state index in [4.69, 9.17) is 4.74 Å². The molecule has 130 valence electrons. The van der Waals surface area contributed by atoms with Crippen LogP contribution < -0.4 is 15.4 Å². The van der Waals surface area contributed by atoms with Gasteiger partial charge in [0, 0.05) is 5.69 Å². The van der Waals surface area contributed by atoms with Crippen LogP contribution in [0.1, 0.15) is 25.0 Å². The predicted molar refractivity (Wildman–Crippen MR) is 97.9 cm³/mol. The highest BCUT2D eigenvalue weighted by Gasteiger charge is 2.16.